The molecule has 11 nitrogen and oxygen atoms in total. The van der Waals surface area contributed by atoms with Gasteiger partial charge in [0.05, 0.1) is 70.6 Å². The van der Waals surface area contributed by atoms with E-state index in [1.54, 1.807) is 30.5 Å². The molecular weight excluding hydrogens is 596 g/mol. The Morgan fingerprint density at radius 1 is 1.13 bits per heavy atom. The summed E-state index contributed by atoms with van der Waals surface area (Å²) in [7, 11) is 0. The highest BCUT2D eigenvalue weighted by molar-refractivity contribution is 6.30. The number of carboxylic acid groups (broad SMARTS) is 1. The molecule has 4 aromatic rings. The maximum Gasteiger partial charge on any atom is 0.335 e. The van der Waals surface area contributed by atoms with E-state index in [9.17, 15) is 15.2 Å². The molecular formula is C33H31ClN6O5. The zero-order valence-electron chi connectivity index (χ0n) is 24.6. The van der Waals surface area contributed by atoms with Crippen molar-refractivity contribution < 1.29 is 24.1 Å². The second kappa shape index (κ2) is 10.3. The van der Waals surface area contributed by atoms with Gasteiger partial charge in [0, 0.05) is 32.8 Å². The minimum absolute atomic E-state index is 0.0692. The molecule has 1 N–H and O–H groups in total. The van der Waals surface area contributed by atoms with Crippen molar-refractivity contribution in [2.45, 2.75) is 50.7 Å². The van der Waals surface area contributed by atoms with Crippen LogP contribution >= 0.6 is 11.6 Å². The van der Waals surface area contributed by atoms with E-state index in [0.29, 0.717) is 48.5 Å². The number of piperazine rings is 1. The molecule has 12 heteroatoms. The van der Waals surface area contributed by atoms with Crippen molar-refractivity contribution in [1.29, 1.82) is 5.26 Å². The molecule has 45 heavy (non-hydrogen) atoms. The van der Waals surface area contributed by atoms with E-state index >= 15 is 0 Å². The van der Waals surface area contributed by atoms with Gasteiger partial charge in [-0.05, 0) is 55.3 Å². The third-order valence-electron chi connectivity index (χ3n) is 9.55. The number of nitrogens with zero attached hydrogens (tertiary/aromatic N) is 6. The fraction of sp³-hybridized carbons (Fsp3) is 0.394. The van der Waals surface area contributed by atoms with Crippen LogP contribution < -0.4 is 14.4 Å². The van der Waals surface area contributed by atoms with Crippen LogP contribution in [0.5, 0.6) is 11.5 Å². The highest BCUT2D eigenvalue weighted by atomic mass is 35.5. The van der Waals surface area contributed by atoms with Crippen LogP contribution in [0.25, 0.3) is 11.0 Å². The number of nitriles is 1. The molecule has 230 valence electrons. The maximum absolute atomic E-state index is 11.8. The van der Waals surface area contributed by atoms with Crippen LogP contribution in [-0.2, 0) is 23.6 Å². The third kappa shape index (κ3) is 4.76. The SMILES string of the molecule is C[C@]1(c2ccc(Cl)cn2)Oc2cccc(N3CCN(Cc4nc5ccc(C(=O)O)cc5n4CC4(C#N)CC4)[C@H]4COC[C@H]43)c2O1. The number of benzene rings is 2. The molecule has 0 amide bonds. The number of halogens is 1. The molecule has 0 spiro atoms. The molecule has 2 aromatic carbocycles. The largest absolute Gasteiger partial charge is 0.478 e. The summed E-state index contributed by atoms with van der Waals surface area (Å²) in [4.78, 5) is 25.9. The quantitative estimate of drug-likeness (QED) is 0.305. The van der Waals surface area contributed by atoms with Crippen LogP contribution in [0, 0.1) is 16.7 Å². The average Bonchev–Trinajstić information content (AvgIpc) is 3.32. The van der Waals surface area contributed by atoms with Gasteiger partial charge in [-0.1, -0.05) is 17.7 Å². The number of fused-ring (bicyclic) bond motifs is 3. The number of aromatic carboxylic acids is 1. The summed E-state index contributed by atoms with van der Waals surface area (Å²) in [5.41, 5.74) is 2.84. The number of aromatic nitrogens is 3. The van der Waals surface area contributed by atoms with Crippen LogP contribution in [0.2, 0.25) is 5.02 Å². The lowest BCUT2D eigenvalue weighted by Gasteiger charge is -2.44. The zero-order chi connectivity index (χ0) is 30.9. The Kier molecular flexibility index (Phi) is 6.46. The Labute approximate surface area is 264 Å². The zero-order valence-corrected chi connectivity index (χ0v) is 25.4. The number of pyridine rings is 1. The van der Waals surface area contributed by atoms with Crippen molar-refractivity contribution >= 4 is 34.3 Å². The Morgan fingerprint density at radius 2 is 1.98 bits per heavy atom. The van der Waals surface area contributed by atoms with Crippen LogP contribution in [0.1, 0.15) is 41.6 Å². The number of ether oxygens (including phenoxy) is 3. The number of carboxylic acids is 1. The van der Waals surface area contributed by atoms with E-state index in [1.807, 2.05) is 25.1 Å². The number of rotatable bonds is 7. The van der Waals surface area contributed by atoms with Gasteiger partial charge in [0.15, 0.2) is 11.5 Å². The van der Waals surface area contributed by atoms with Gasteiger partial charge in [0.25, 0.3) is 5.79 Å². The monoisotopic (exact) mass is 626 g/mol. The van der Waals surface area contributed by atoms with Crippen LogP contribution in [0.3, 0.4) is 0 Å². The number of imidazole rings is 1. The summed E-state index contributed by atoms with van der Waals surface area (Å²) in [6.07, 6.45) is 3.25. The molecule has 3 fully saturated rings. The molecule has 0 unspecified atom stereocenters. The van der Waals surface area contributed by atoms with Gasteiger partial charge >= 0.3 is 5.97 Å². The van der Waals surface area contributed by atoms with Crippen molar-refractivity contribution in [1.82, 2.24) is 19.4 Å². The topological polar surface area (TPSA) is 126 Å². The minimum atomic E-state index is -1.08. The average molecular weight is 627 g/mol. The Hall–Kier alpha value is -4.37. The summed E-state index contributed by atoms with van der Waals surface area (Å²) < 4.78 is 21.0. The van der Waals surface area contributed by atoms with Gasteiger partial charge in [0.2, 0.25) is 0 Å². The van der Waals surface area contributed by atoms with E-state index < -0.39 is 17.2 Å². The predicted molar refractivity (Wildman–Crippen MR) is 164 cm³/mol. The van der Waals surface area contributed by atoms with Crippen molar-refractivity contribution in [3.8, 4) is 17.6 Å². The molecule has 0 bridgehead atoms. The van der Waals surface area contributed by atoms with Crippen molar-refractivity contribution in [3.63, 3.8) is 0 Å². The van der Waals surface area contributed by atoms with Gasteiger partial charge in [0.1, 0.15) is 11.5 Å². The first kappa shape index (κ1) is 28.1. The number of carbonyl (C=O) groups is 1. The normalized spacial score (nSPS) is 24.9. The fourth-order valence-corrected chi connectivity index (χ4v) is 6.98. The number of hydrogen-bond acceptors (Lipinski definition) is 9. The fourth-order valence-electron chi connectivity index (χ4n) is 6.87. The van der Waals surface area contributed by atoms with Crippen LogP contribution in [0.4, 0.5) is 5.69 Å². The molecule has 0 radical (unpaired) electrons. The predicted octanol–water partition coefficient (Wildman–Crippen LogP) is 4.82. The first-order valence-electron chi connectivity index (χ1n) is 15.1. The van der Waals surface area contributed by atoms with Crippen LogP contribution in [-0.4, -0.2) is 68.9 Å². The summed E-state index contributed by atoms with van der Waals surface area (Å²) in [6.45, 7) is 5.53. The molecule has 2 saturated heterocycles. The minimum Gasteiger partial charge on any atom is -0.478 e. The standard InChI is InChI=1S/C33H31ClN6O5/c1-32(28-8-6-21(34)14-36-28)44-27-4-2-3-23(30(27)45-32)39-12-11-38(25-16-43-17-26(25)39)15-29-37-22-7-5-20(31(41)42)13-24(22)40(29)19-33(18-35)9-10-33/h2-8,13-14,25-26H,9-12,15-17,19H2,1H3,(H,41,42)/t25-,26+,32-/m0/s1. The lowest BCUT2D eigenvalue weighted by molar-refractivity contribution is -0.0716. The van der Waals surface area contributed by atoms with E-state index in [0.717, 1.165) is 48.5 Å². The van der Waals surface area contributed by atoms with Gasteiger partial charge in [-0.15, -0.1) is 0 Å². The molecule has 8 rings (SSSR count). The Bertz CT molecular complexity index is 1870. The molecule has 1 aliphatic carbocycles. The summed E-state index contributed by atoms with van der Waals surface area (Å²) in [6, 6.07) is 17.2. The molecule has 2 aromatic heterocycles. The van der Waals surface area contributed by atoms with Crippen molar-refractivity contribution in [3.05, 3.63) is 76.8 Å². The second-order valence-electron chi connectivity index (χ2n) is 12.5. The van der Waals surface area contributed by atoms with Gasteiger partial charge < -0.3 is 28.8 Å². The highest BCUT2D eigenvalue weighted by Crippen LogP contribution is 2.50. The Balaban J connectivity index is 1.08. The Morgan fingerprint density at radius 3 is 2.73 bits per heavy atom. The van der Waals surface area contributed by atoms with Crippen molar-refractivity contribution in [2.75, 3.05) is 31.2 Å². The highest BCUT2D eigenvalue weighted by Gasteiger charge is 2.47. The number of para-hydroxylation sites is 1. The van der Waals surface area contributed by atoms with Crippen LogP contribution in [0.15, 0.2) is 54.7 Å². The summed E-state index contributed by atoms with van der Waals surface area (Å²) >= 11 is 6.07. The number of anilines is 1. The molecule has 3 aliphatic heterocycles. The van der Waals surface area contributed by atoms with E-state index in [4.69, 9.17) is 30.8 Å². The van der Waals surface area contributed by atoms with Gasteiger partial charge in [-0.2, -0.15) is 5.26 Å². The lowest BCUT2D eigenvalue weighted by atomic mass is 10.0. The smallest absolute Gasteiger partial charge is 0.335 e. The van der Waals surface area contributed by atoms with Gasteiger partial charge in [-0.25, -0.2) is 9.78 Å². The van der Waals surface area contributed by atoms with E-state index in [1.165, 1.54) is 0 Å². The summed E-state index contributed by atoms with van der Waals surface area (Å²) in [5.74, 6) is 0.0971. The molecule has 3 atom stereocenters. The first-order chi connectivity index (χ1) is 21.8. The van der Waals surface area contributed by atoms with Crippen molar-refractivity contribution in [2.24, 2.45) is 5.41 Å². The summed E-state index contributed by atoms with van der Waals surface area (Å²) in [5, 5.41) is 20.1. The van der Waals surface area contributed by atoms with E-state index in [2.05, 4.69) is 31.5 Å². The maximum atomic E-state index is 11.8. The molecule has 5 heterocycles. The van der Waals surface area contributed by atoms with E-state index in [-0.39, 0.29) is 17.6 Å². The third-order valence-corrected chi connectivity index (χ3v) is 9.77. The lowest BCUT2D eigenvalue weighted by Crippen LogP contribution is -2.59. The molecule has 1 saturated carbocycles. The first-order valence-corrected chi connectivity index (χ1v) is 15.5. The number of hydrogen-bond donors (Lipinski definition) is 1. The molecule has 4 aliphatic rings. The second-order valence-corrected chi connectivity index (χ2v) is 12.9. The van der Waals surface area contributed by atoms with Gasteiger partial charge in [-0.3, -0.25) is 9.88 Å².